The molecule has 0 aliphatic carbocycles. The molecule has 1 amide bonds. The highest BCUT2D eigenvalue weighted by atomic mass is 35.5. The van der Waals surface area contributed by atoms with Gasteiger partial charge in [0.1, 0.15) is 0 Å². The van der Waals surface area contributed by atoms with Crippen LogP contribution >= 0.6 is 11.6 Å². The Balaban J connectivity index is 3.58. The highest BCUT2D eigenvalue weighted by molar-refractivity contribution is 6.17. The van der Waals surface area contributed by atoms with Crippen molar-refractivity contribution in [2.24, 2.45) is 5.92 Å². The summed E-state index contributed by atoms with van der Waals surface area (Å²) in [6.45, 7) is 2.26. The van der Waals surface area contributed by atoms with Crippen LogP contribution in [0.1, 0.15) is 26.2 Å². The van der Waals surface area contributed by atoms with Crippen LogP contribution in [0.25, 0.3) is 0 Å². The SMILES string of the molecule is CC(CCCl)CNC(=O)CCC(F)(F)F. The van der Waals surface area contributed by atoms with Crippen LogP contribution in [0.5, 0.6) is 0 Å². The second kappa shape index (κ2) is 6.93. The minimum atomic E-state index is -4.26. The zero-order valence-corrected chi connectivity index (χ0v) is 9.29. The smallest absolute Gasteiger partial charge is 0.356 e. The molecule has 1 atom stereocenters. The van der Waals surface area contributed by atoms with Gasteiger partial charge in [-0.3, -0.25) is 4.79 Å². The van der Waals surface area contributed by atoms with Crippen LogP contribution in [-0.4, -0.2) is 24.5 Å². The minimum absolute atomic E-state index is 0.192. The number of carbonyl (C=O) groups is 1. The molecule has 1 N–H and O–H groups in total. The Hall–Kier alpha value is -0.450. The average molecular weight is 246 g/mol. The van der Waals surface area contributed by atoms with Crippen LogP contribution in [0.3, 0.4) is 0 Å². The summed E-state index contributed by atoms with van der Waals surface area (Å²) in [4.78, 5) is 11.0. The van der Waals surface area contributed by atoms with E-state index in [4.69, 9.17) is 11.6 Å². The Labute approximate surface area is 92.2 Å². The molecule has 15 heavy (non-hydrogen) atoms. The highest BCUT2D eigenvalue weighted by Crippen LogP contribution is 2.20. The van der Waals surface area contributed by atoms with E-state index in [-0.39, 0.29) is 5.92 Å². The topological polar surface area (TPSA) is 29.1 Å². The van der Waals surface area contributed by atoms with E-state index in [1.807, 2.05) is 6.92 Å². The first-order chi connectivity index (χ1) is 6.85. The Morgan fingerprint density at radius 1 is 1.47 bits per heavy atom. The number of alkyl halides is 4. The van der Waals surface area contributed by atoms with Gasteiger partial charge in [-0.15, -0.1) is 11.6 Å². The van der Waals surface area contributed by atoms with Crippen molar-refractivity contribution in [3.05, 3.63) is 0 Å². The Kier molecular flexibility index (Phi) is 6.72. The lowest BCUT2D eigenvalue weighted by atomic mass is 10.1. The number of amides is 1. The monoisotopic (exact) mass is 245 g/mol. The Bertz CT molecular complexity index is 196. The molecule has 0 aromatic rings. The van der Waals surface area contributed by atoms with Crippen LogP contribution in [0.2, 0.25) is 0 Å². The number of nitrogens with one attached hydrogen (secondary N) is 1. The van der Waals surface area contributed by atoms with Crippen molar-refractivity contribution >= 4 is 17.5 Å². The molecule has 0 aromatic heterocycles. The normalized spacial score (nSPS) is 13.7. The summed E-state index contributed by atoms with van der Waals surface area (Å²) >= 11 is 5.47. The lowest BCUT2D eigenvalue weighted by Crippen LogP contribution is -2.29. The molecule has 0 aliphatic heterocycles. The van der Waals surface area contributed by atoms with Crippen LogP contribution in [0.4, 0.5) is 13.2 Å². The summed E-state index contributed by atoms with van der Waals surface area (Å²) in [6, 6.07) is 0. The number of carbonyl (C=O) groups excluding carboxylic acids is 1. The van der Waals surface area contributed by atoms with Crippen molar-refractivity contribution in [1.82, 2.24) is 5.32 Å². The molecule has 90 valence electrons. The van der Waals surface area contributed by atoms with E-state index in [0.29, 0.717) is 12.4 Å². The molecule has 6 heteroatoms. The van der Waals surface area contributed by atoms with Gasteiger partial charge in [0, 0.05) is 18.8 Å². The molecule has 0 spiro atoms. The predicted octanol–water partition coefficient (Wildman–Crippen LogP) is 2.71. The van der Waals surface area contributed by atoms with Gasteiger partial charge in [0.05, 0.1) is 6.42 Å². The molecule has 0 saturated heterocycles. The zero-order chi connectivity index (χ0) is 11.9. The van der Waals surface area contributed by atoms with E-state index in [1.165, 1.54) is 0 Å². The summed E-state index contributed by atoms with van der Waals surface area (Å²) in [5.74, 6) is 0.116. The van der Waals surface area contributed by atoms with Crippen molar-refractivity contribution in [1.29, 1.82) is 0 Å². The van der Waals surface area contributed by atoms with Crippen molar-refractivity contribution in [3.8, 4) is 0 Å². The molecular formula is C9H15ClF3NO. The molecule has 0 saturated carbocycles. The summed E-state index contributed by atoms with van der Waals surface area (Å²) in [6.07, 6.45) is -5.10. The van der Waals surface area contributed by atoms with Gasteiger partial charge >= 0.3 is 6.18 Å². The van der Waals surface area contributed by atoms with Gasteiger partial charge in [0.15, 0.2) is 0 Å². The lowest BCUT2D eigenvalue weighted by molar-refractivity contribution is -0.144. The third kappa shape index (κ3) is 9.85. The second-order valence-corrected chi connectivity index (χ2v) is 3.88. The molecule has 0 radical (unpaired) electrons. The standard InChI is InChI=1S/C9H15ClF3NO/c1-7(3-5-10)6-14-8(15)2-4-9(11,12)13/h7H,2-6H2,1H3,(H,14,15). The van der Waals surface area contributed by atoms with Crippen LogP contribution in [0.15, 0.2) is 0 Å². The zero-order valence-electron chi connectivity index (χ0n) is 8.53. The predicted molar refractivity (Wildman–Crippen MR) is 52.8 cm³/mol. The van der Waals surface area contributed by atoms with E-state index >= 15 is 0 Å². The Morgan fingerprint density at radius 2 is 2.07 bits per heavy atom. The maximum atomic E-state index is 11.7. The van der Waals surface area contributed by atoms with Gasteiger partial charge in [-0.25, -0.2) is 0 Å². The van der Waals surface area contributed by atoms with Crippen molar-refractivity contribution < 1.29 is 18.0 Å². The van der Waals surface area contributed by atoms with E-state index in [1.54, 1.807) is 0 Å². The van der Waals surface area contributed by atoms with Crippen LogP contribution in [-0.2, 0) is 4.79 Å². The number of hydrogen-bond acceptors (Lipinski definition) is 1. The molecule has 0 aromatic carbocycles. The third-order valence-corrected chi connectivity index (χ3v) is 2.10. The summed E-state index contributed by atoms with van der Waals surface area (Å²) in [5.41, 5.74) is 0. The molecule has 0 aliphatic rings. The molecule has 1 unspecified atom stereocenters. The maximum Gasteiger partial charge on any atom is 0.389 e. The van der Waals surface area contributed by atoms with Crippen molar-refractivity contribution in [2.75, 3.05) is 12.4 Å². The first-order valence-corrected chi connectivity index (χ1v) is 5.28. The van der Waals surface area contributed by atoms with Crippen molar-refractivity contribution in [2.45, 2.75) is 32.4 Å². The van der Waals surface area contributed by atoms with Gasteiger partial charge in [-0.05, 0) is 12.3 Å². The highest BCUT2D eigenvalue weighted by Gasteiger charge is 2.27. The third-order valence-electron chi connectivity index (χ3n) is 1.89. The molecule has 0 heterocycles. The first kappa shape index (κ1) is 14.6. The Morgan fingerprint density at radius 3 is 2.53 bits per heavy atom. The largest absolute Gasteiger partial charge is 0.389 e. The van der Waals surface area contributed by atoms with Gasteiger partial charge in [0.25, 0.3) is 0 Å². The fourth-order valence-corrected chi connectivity index (χ4v) is 1.29. The van der Waals surface area contributed by atoms with Gasteiger partial charge in [0.2, 0.25) is 5.91 Å². The molecule has 0 bridgehead atoms. The lowest BCUT2D eigenvalue weighted by Gasteiger charge is -2.11. The second-order valence-electron chi connectivity index (χ2n) is 3.50. The van der Waals surface area contributed by atoms with E-state index in [9.17, 15) is 18.0 Å². The quantitative estimate of drug-likeness (QED) is 0.717. The van der Waals surface area contributed by atoms with Crippen LogP contribution < -0.4 is 5.32 Å². The fourth-order valence-electron chi connectivity index (χ4n) is 0.920. The summed E-state index contributed by atoms with van der Waals surface area (Å²) < 4.78 is 35.2. The number of rotatable bonds is 6. The fraction of sp³-hybridized carbons (Fsp3) is 0.889. The molecular weight excluding hydrogens is 231 g/mol. The van der Waals surface area contributed by atoms with Gasteiger partial charge < -0.3 is 5.32 Å². The van der Waals surface area contributed by atoms with E-state index in [0.717, 1.165) is 6.42 Å². The van der Waals surface area contributed by atoms with Crippen LogP contribution in [0, 0.1) is 5.92 Å². The minimum Gasteiger partial charge on any atom is -0.356 e. The molecule has 0 rings (SSSR count). The number of halogens is 4. The van der Waals surface area contributed by atoms with Gasteiger partial charge in [-0.1, -0.05) is 6.92 Å². The number of hydrogen-bond donors (Lipinski definition) is 1. The maximum absolute atomic E-state index is 11.7. The van der Waals surface area contributed by atoms with Gasteiger partial charge in [-0.2, -0.15) is 13.2 Å². The summed E-state index contributed by atoms with van der Waals surface area (Å²) in [7, 11) is 0. The average Bonchev–Trinajstić information content (AvgIpc) is 2.11. The molecule has 2 nitrogen and oxygen atoms in total. The van der Waals surface area contributed by atoms with E-state index in [2.05, 4.69) is 5.32 Å². The first-order valence-electron chi connectivity index (χ1n) is 4.74. The van der Waals surface area contributed by atoms with Crippen molar-refractivity contribution in [3.63, 3.8) is 0 Å². The molecule has 0 fully saturated rings. The van der Waals surface area contributed by atoms with E-state index < -0.39 is 24.9 Å². The summed E-state index contributed by atoms with van der Waals surface area (Å²) in [5, 5.41) is 2.44.